The first kappa shape index (κ1) is 28.7. The normalized spacial score (nSPS) is 10.5. The Bertz CT molecular complexity index is 1440. The third kappa shape index (κ3) is 9.46. The van der Waals surface area contributed by atoms with Gasteiger partial charge in [0.1, 0.15) is 13.2 Å². The summed E-state index contributed by atoms with van der Waals surface area (Å²) < 4.78 is 12.2. The number of aryl methyl sites for hydroxylation is 2. The van der Waals surface area contributed by atoms with Gasteiger partial charge in [0.15, 0.2) is 0 Å². The highest BCUT2D eigenvalue weighted by Gasteiger charge is 2.08. The highest BCUT2D eigenvalue weighted by atomic mass is 16.6. The molecule has 0 spiro atoms. The molecule has 2 aromatic heterocycles. The van der Waals surface area contributed by atoms with Gasteiger partial charge >= 0.3 is 23.6 Å². The lowest BCUT2D eigenvalue weighted by Gasteiger charge is -2.09. The van der Waals surface area contributed by atoms with Crippen LogP contribution in [0.1, 0.15) is 41.8 Å². The standard InChI is InChI=1S/C29H30N6O6/c36-26-30-24(16-18-34(26)32-28(38)40-20-22-10-4-1-5-11-22)14-8-3-9-15-25-17-19-35(27(37)31-25)33-29(39)41-21-23-12-6-2-7-13-23/h1-2,4-7,10-13,16-19H,3,8-9,14-15,20-21H2,(H,32,38)(H,33,39). The van der Waals surface area contributed by atoms with Crippen LogP contribution in [0.15, 0.2) is 94.8 Å². The molecule has 2 heterocycles. The molecule has 0 radical (unpaired) electrons. The maximum absolute atomic E-state index is 12.3. The minimum absolute atomic E-state index is 0.0856. The minimum atomic E-state index is -0.759. The number of aromatic nitrogens is 4. The van der Waals surface area contributed by atoms with Crippen LogP contribution in [0.2, 0.25) is 0 Å². The summed E-state index contributed by atoms with van der Waals surface area (Å²) in [4.78, 5) is 56.5. The van der Waals surface area contributed by atoms with Crippen molar-refractivity contribution in [3.8, 4) is 0 Å². The van der Waals surface area contributed by atoms with E-state index in [-0.39, 0.29) is 13.2 Å². The number of nitrogens with zero attached hydrogens (tertiary/aromatic N) is 4. The maximum Gasteiger partial charge on any atom is 0.426 e. The Kier molecular flexibility index (Phi) is 10.4. The van der Waals surface area contributed by atoms with Gasteiger partial charge in [0.25, 0.3) is 0 Å². The second kappa shape index (κ2) is 14.8. The van der Waals surface area contributed by atoms with Crippen molar-refractivity contribution in [1.29, 1.82) is 0 Å². The fourth-order valence-corrected chi connectivity index (χ4v) is 3.82. The molecule has 2 amide bonds. The number of carbonyl (C=O) groups is 2. The number of nitrogens with one attached hydrogen (secondary N) is 2. The van der Waals surface area contributed by atoms with E-state index in [2.05, 4.69) is 20.8 Å². The van der Waals surface area contributed by atoms with Crippen LogP contribution in [0, 0.1) is 0 Å². The van der Waals surface area contributed by atoms with Crippen LogP contribution >= 0.6 is 0 Å². The molecule has 0 aliphatic heterocycles. The van der Waals surface area contributed by atoms with Gasteiger partial charge in [-0.3, -0.25) is 0 Å². The van der Waals surface area contributed by atoms with E-state index in [1.807, 2.05) is 60.7 Å². The average molecular weight is 559 g/mol. The molecule has 12 heteroatoms. The largest absolute Gasteiger partial charge is 0.443 e. The summed E-state index contributed by atoms with van der Waals surface area (Å²) in [5.74, 6) is 0. The number of hydrogen-bond donors (Lipinski definition) is 2. The molecule has 0 bridgehead atoms. The molecule has 0 unspecified atom stereocenters. The summed E-state index contributed by atoms with van der Waals surface area (Å²) in [7, 11) is 0. The first-order valence-electron chi connectivity index (χ1n) is 13.1. The first-order valence-corrected chi connectivity index (χ1v) is 13.1. The van der Waals surface area contributed by atoms with Crippen molar-refractivity contribution >= 4 is 12.2 Å². The predicted molar refractivity (Wildman–Crippen MR) is 150 cm³/mol. The fourth-order valence-electron chi connectivity index (χ4n) is 3.82. The van der Waals surface area contributed by atoms with Crippen LogP contribution in [-0.2, 0) is 35.5 Å². The van der Waals surface area contributed by atoms with E-state index in [1.165, 1.54) is 12.4 Å². The highest BCUT2D eigenvalue weighted by Crippen LogP contribution is 2.07. The molecule has 4 aromatic rings. The van der Waals surface area contributed by atoms with Crippen molar-refractivity contribution in [2.45, 2.75) is 45.3 Å². The molecule has 12 nitrogen and oxygen atoms in total. The minimum Gasteiger partial charge on any atom is -0.443 e. The van der Waals surface area contributed by atoms with Gasteiger partial charge in [0, 0.05) is 23.8 Å². The van der Waals surface area contributed by atoms with Crippen molar-refractivity contribution in [3.05, 3.63) is 129 Å². The lowest BCUT2D eigenvalue weighted by molar-refractivity contribution is 0.150. The zero-order valence-electron chi connectivity index (χ0n) is 22.3. The van der Waals surface area contributed by atoms with E-state index in [9.17, 15) is 19.2 Å². The number of benzene rings is 2. The Hall–Kier alpha value is -5.26. The third-order valence-electron chi connectivity index (χ3n) is 5.94. The molecule has 0 aliphatic rings. The van der Waals surface area contributed by atoms with Gasteiger partial charge in [-0.1, -0.05) is 67.1 Å². The summed E-state index contributed by atoms with van der Waals surface area (Å²) in [6.45, 7) is 0.171. The van der Waals surface area contributed by atoms with E-state index in [4.69, 9.17) is 9.47 Å². The second-order valence-corrected chi connectivity index (χ2v) is 9.05. The number of unbranched alkanes of at least 4 members (excludes halogenated alkanes) is 2. The maximum atomic E-state index is 12.3. The van der Waals surface area contributed by atoms with E-state index >= 15 is 0 Å². The van der Waals surface area contributed by atoms with Crippen LogP contribution in [0.5, 0.6) is 0 Å². The molecule has 2 aromatic carbocycles. The Labute approximate surface area is 235 Å². The van der Waals surface area contributed by atoms with Gasteiger partial charge in [-0.25, -0.2) is 39.4 Å². The highest BCUT2D eigenvalue weighted by molar-refractivity contribution is 5.76. The molecule has 0 aliphatic carbocycles. The molecule has 4 rings (SSSR count). The van der Waals surface area contributed by atoms with Crippen LogP contribution in [0.3, 0.4) is 0 Å². The van der Waals surface area contributed by atoms with Crippen LogP contribution in [0.4, 0.5) is 9.59 Å². The monoisotopic (exact) mass is 558 g/mol. The van der Waals surface area contributed by atoms with Crippen molar-refractivity contribution in [2.75, 3.05) is 10.9 Å². The van der Waals surface area contributed by atoms with Crippen molar-refractivity contribution in [1.82, 2.24) is 19.3 Å². The molecule has 41 heavy (non-hydrogen) atoms. The fraction of sp³-hybridized carbons (Fsp3) is 0.241. The smallest absolute Gasteiger partial charge is 0.426 e. The van der Waals surface area contributed by atoms with Crippen molar-refractivity contribution in [3.63, 3.8) is 0 Å². The zero-order chi connectivity index (χ0) is 28.9. The van der Waals surface area contributed by atoms with Crippen molar-refractivity contribution < 1.29 is 19.1 Å². The van der Waals surface area contributed by atoms with Crippen molar-refractivity contribution in [2.24, 2.45) is 0 Å². The number of carbonyl (C=O) groups excluding carboxylic acids is 2. The zero-order valence-corrected chi connectivity index (χ0v) is 22.3. The number of hydrogen-bond acceptors (Lipinski definition) is 8. The topological polar surface area (TPSA) is 146 Å². The van der Waals surface area contributed by atoms with Gasteiger partial charge in [-0.05, 0) is 48.9 Å². The Morgan fingerprint density at radius 3 is 1.41 bits per heavy atom. The van der Waals surface area contributed by atoms with E-state index < -0.39 is 23.6 Å². The van der Waals surface area contributed by atoms with E-state index in [0.29, 0.717) is 24.2 Å². The lowest BCUT2D eigenvalue weighted by atomic mass is 10.1. The molecular weight excluding hydrogens is 528 g/mol. The number of rotatable bonds is 12. The molecular formula is C29H30N6O6. The average Bonchev–Trinajstić information content (AvgIpc) is 2.98. The summed E-state index contributed by atoms with van der Waals surface area (Å²) >= 11 is 0. The number of amides is 2. The Balaban J connectivity index is 1.14. The van der Waals surface area contributed by atoms with Gasteiger partial charge in [0.2, 0.25) is 0 Å². The van der Waals surface area contributed by atoms with E-state index in [0.717, 1.165) is 39.7 Å². The Morgan fingerprint density at radius 2 is 1.02 bits per heavy atom. The van der Waals surface area contributed by atoms with Crippen LogP contribution in [0.25, 0.3) is 0 Å². The van der Waals surface area contributed by atoms with E-state index in [1.54, 1.807) is 12.1 Å². The summed E-state index contributed by atoms with van der Waals surface area (Å²) in [6, 6.07) is 21.7. The lowest BCUT2D eigenvalue weighted by Crippen LogP contribution is -2.34. The molecule has 2 N–H and O–H groups in total. The summed E-state index contributed by atoms with van der Waals surface area (Å²) in [6.07, 6.45) is 4.90. The van der Waals surface area contributed by atoms with Gasteiger partial charge in [0.05, 0.1) is 0 Å². The first-order chi connectivity index (χ1) is 20.0. The quantitative estimate of drug-likeness (QED) is 0.251. The van der Waals surface area contributed by atoms with Gasteiger partial charge in [-0.15, -0.1) is 0 Å². The molecule has 0 saturated carbocycles. The predicted octanol–water partition coefficient (Wildman–Crippen LogP) is 3.52. The Morgan fingerprint density at radius 1 is 0.610 bits per heavy atom. The van der Waals surface area contributed by atoms with Gasteiger partial charge in [-0.2, -0.15) is 9.97 Å². The molecule has 0 atom stereocenters. The third-order valence-corrected chi connectivity index (χ3v) is 5.94. The molecule has 212 valence electrons. The molecule has 0 fully saturated rings. The number of ether oxygens (including phenoxy) is 2. The summed E-state index contributed by atoms with van der Waals surface area (Å²) in [5.41, 5.74) is 6.36. The van der Waals surface area contributed by atoms with Crippen LogP contribution in [-0.4, -0.2) is 31.5 Å². The summed E-state index contributed by atoms with van der Waals surface area (Å²) in [5, 5.41) is 0. The SMILES string of the molecule is O=C(Nn1ccc(CCCCCc2ccn(NC(=O)OCc3ccccc3)c(=O)n2)nc1=O)OCc1ccccc1. The second-order valence-electron chi connectivity index (χ2n) is 9.05. The van der Waals surface area contributed by atoms with Gasteiger partial charge < -0.3 is 9.47 Å². The molecule has 0 saturated heterocycles. The van der Waals surface area contributed by atoms with Crippen LogP contribution < -0.4 is 22.2 Å².